The molecule has 2 aromatic carbocycles. The standard InChI is InChI=1S/C23H19FN2O4/c1-11(2)18-16-17(22(30)26(21(16)29)13-9-7-12(24)8-10-13)23(25-18)19(27)14-5-3-4-6-15(14)20(23)28/h3-11,16-18,25H,1-2H3/p+1/t16-,17+,18+/m1/s1. The van der Waals surface area contributed by atoms with Crippen LogP contribution in [0.15, 0.2) is 48.5 Å². The van der Waals surface area contributed by atoms with Gasteiger partial charge in [0.2, 0.25) is 28.9 Å². The van der Waals surface area contributed by atoms with E-state index in [1.807, 2.05) is 13.8 Å². The largest absolute Gasteiger partial charge is 0.324 e. The molecule has 30 heavy (non-hydrogen) atoms. The van der Waals surface area contributed by atoms with Gasteiger partial charge in [0.15, 0.2) is 0 Å². The molecule has 2 aliphatic heterocycles. The van der Waals surface area contributed by atoms with E-state index in [4.69, 9.17) is 0 Å². The van der Waals surface area contributed by atoms with Crippen LogP contribution in [0.1, 0.15) is 34.6 Å². The molecule has 0 aromatic heterocycles. The van der Waals surface area contributed by atoms with E-state index < -0.39 is 52.6 Å². The van der Waals surface area contributed by atoms with E-state index in [1.165, 1.54) is 24.3 Å². The summed E-state index contributed by atoms with van der Waals surface area (Å²) in [5, 5.41) is 1.66. The van der Waals surface area contributed by atoms with Crippen LogP contribution in [0.4, 0.5) is 10.1 Å². The summed E-state index contributed by atoms with van der Waals surface area (Å²) in [6, 6.07) is 11.2. The number of halogens is 1. The van der Waals surface area contributed by atoms with Crippen LogP contribution in [0, 0.1) is 23.6 Å². The average molecular weight is 407 g/mol. The second-order valence-corrected chi connectivity index (χ2v) is 8.55. The number of Topliss-reactive ketones (excluding diaryl/α,β-unsaturated/α-hetero) is 2. The molecule has 3 aliphatic rings. The predicted molar refractivity (Wildman–Crippen MR) is 104 cm³/mol. The number of hydrogen-bond acceptors (Lipinski definition) is 4. The lowest BCUT2D eigenvalue weighted by molar-refractivity contribution is -0.715. The number of ketones is 2. The van der Waals surface area contributed by atoms with Crippen molar-refractivity contribution in [2.75, 3.05) is 4.90 Å². The first-order chi connectivity index (χ1) is 14.3. The molecule has 2 fully saturated rings. The van der Waals surface area contributed by atoms with E-state index in [9.17, 15) is 23.6 Å². The van der Waals surface area contributed by atoms with Crippen molar-refractivity contribution >= 4 is 29.1 Å². The lowest BCUT2D eigenvalue weighted by Crippen LogP contribution is -3.02. The first-order valence-electron chi connectivity index (χ1n) is 9.97. The molecule has 2 N–H and O–H groups in total. The van der Waals surface area contributed by atoms with Gasteiger partial charge >= 0.3 is 0 Å². The Morgan fingerprint density at radius 2 is 1.47 bits per heavy atom. The number of imide groups is 1. The van der Waals surface area contributed by atoms with Gasteiger partial charge in [0.25, 0.3) is 0 Å². The van der Waals surface area contributed by atoms with Crippen molar-refractivity contribution in [1.82, 2.24) is 0 Å². The van der Waals surface area contributed by atoms with E-state index in [0.717, 1.165) is 4.90 Å². The van der Waals surface area contributed by atoms with Crippen LogP contribution in [0.3, 0.4) is 0 Å². The van der Waals surface area contributed by atoms with Gasteiger partial charge in [-0.05, 0) is 24.3 Å². The molecule has 2 heterocycles. The molecule has 6 nitrogen and oxygen atoms in total. The zero-order valence-corrected chi connectivity index (χ0v) is 16.5. The monoisotopic (exact) mass is 407 g/mol. The Labute approximate surface area is 172 Å². The first-order valence-corrected chi connectivity index (χ1v) is 9.97. The van der Waals surface area contributed by atoms with Gasteiger partial charge in [0.1, 0.15) is 23.7 Å². The highest BCUT2D eigenvalue weighted by atomic mass is 19.1. The number of carbonyl (C=O) groups is 4. The minimum absolute atomic E-state index is 0.0499. The lowest BCUT2D eigenvalue weighted by atomic mass is 9.76. The SMILES string of the molecule is CC(C)[C@@H]1[NH2+]C2(C(=O)c3ccccc3C2=O)[C@@H]2C(=O)N(c3ccc(F)cc3)C(=O)[C@H]21. The summed E-state index contributed by atoms with van der Waals surface area (Å²) in [6.45, 7) is 3.82. The second-order valence-electron chi connectivity index (χ2n) is 8.55. The van der Waals surface area contributed by atoms with Gasteiger partial charge in [-0.15, -0.1) is 0 Å². The number of carbonyl (C=O) groups excluding carboxylic acids is 4. The minimum atomic E-state index is -1.66. The molecule has 2 saturated heterocycles. The molecule has 0 bridgehead atoms. The van der Waals surface area contributed by atoms with Crippen molar-refractivity contribution in [2.45, 2.75) is 25.4 Å². The summed E-state index contributed by atoms with van der Waals surface area (Å²) < 4.78 is 13.4. The van der Waals surface area contributed by atoms with Gasteiger partial charge in [-0.1, -0.05) is 38.1 Å². The zero-order valence-electron chi connectivity index (χ0n) is 16.5. The predicted octanol–water partition coefficient (Wildman–Crippen LogP) is 1.35. The Hall–Kier alpha value is -3.19. The Kier molecular flexibility index (Phi) is 3.86. The highest BCUT2D eigenvalue weighted by molar-refractivity contribution is 6.36. The number of fused-ring (bicyclic) bond motifs is 3. The van der Waals surface area contributed by atoms with Crippen LogP contribution < -0.4 is 10.2 Å². The Morgan fingerprint density at radius 1 is 0.900 bits per heavy atom. The van der Waals surface area contributed by atoms with E-state index in [1.54, 1.807) is 29.6 Å². The summed E-state index contributed by atoms with van der Waals surface area (Å²) in [7, 11) is 0. The summed E-state index contributed by atoms with van der Waals surface area (Å²) >= 11 is 0. The van der Waals surface area contributed by atoms with Crippen molar-refractivity contribution in [3.63, 3.8) is 0 Å². The Balaban J connectivity index is 1.67. The molecule has 5 rings (SSSR count). The fourth-order valence-electron chi connectivity index (χ4n) is 5.38. The van der Waals surface area contributed by atoms with Crippen LogP contribution in [-0.2, 0) is 9.59 Å². The number of nitrogens with two attached hydrogens (primary N) is 1. The molecule has 0 unspecified atom stereocenters. The smallest absolute Gasteiger partial charge is 0.245 e. The molecule has 1 aliphatic carbocycles. The fraction of sp³-hybridized carbons (Fsp3) is 0.304. The van der Waals surface area contributed by atoms with Crippen LogP contribution in [0.2, 0.25) is 0 Å². The number of quaternary nitrogens is 1. The maximum atomic E-state index is 13.5. The topological polar surface area (TPSA) is 88.1 Å². The Bertz CT molecular complexity index is 1090. The third kappa shape index (κ3) is 2.15. The first kappa shape index (κ1) is 18.8. The quantitative estimate of drug-likeness (QED) is 0.601. The van der Waals surface area contributed by atoms with Crippen LogP contribution in [0.25, 0.3) is 0 Å². The normalized spacial score (nSPS) is 26.8. The summed E-state index contributed by atoms with van der Waals surface area (Å²) in [5.74, 6) is -4.28. The van der Waals surface area contributed by atoms with Gasteiger partial charge < -0.3 is 5.32 Å². The molecular weight excluding hydrogens is 387 g/mol. The molecule has 7 heteroatoms. The van der Waals surface area contributed by atoms with Crippen LogP contribution >= 0.6 is 0 Å². The maximum Gasteiger partial charge on any atom is 0.245 e. The van der Waals surface area contributed by atoms with Gasteiger partial charge in [-0.25, -0.2) is 9.29 Å². The van der Waals surface area contributed by atoms with Crippen molar-refractivity contribution in [2.24, 2.45) is 17.8 Å². The van der Waals surface area contributed by atoms with Gasteiger partial charge in [-0.2, -0.15) is 0 Å². The average Bonchev–Trinajstić information content (AvgIpc) is 3.29. The lowest BCUT2D eigenvalue weighted by Gasteiger charge is -2.26. The number of nitrogens with zero attached hydrogens (tertiary/aromatic N) is 1. The number of hydrogen-bond donors (Lipinski definition) is 1. The van der Waals surface area contributed by atoms with E-state index >= 15 is 0 Å². The third-order valence-electron chi connectivity index (χ3n) is 6.73. The number of rotatable bonds is 2. The molecular formula is C23H20FN2O4+. The zero-order chi connectivity index (χ0) is 21.4. The van der Waals surface area contributed by atoms with Gasteiger partial charge in [0, 0.05) is 17.0 Å². The van der Waals surface area contributed by atoms with Gasteiger partial charge in [0.05, 0.1) is 5.69 Å². The summed E-state index contributed by atoms with van der Waals surface area (Å²) in [6.07, 6.45) is 0. The number of amides is 2. The number of benzene rings is 2. The van der Waals surface area contributed by atoms with E-state index in [-0.39, 0.29) is 11.6 Å². The van der Waals surface area contributed by atoms with Crippen molar-refractivity contribution < 1.29 is 28.9 Å². The molecule has 152 valence electrons. The molecule has 0 radical (unpaired) electrons. The van der Waals surface area contributed by atoms with Crippen molar-refractivity contribution in [3.05, 3.63) is 65.5 Å². The fourth-order valence-corrected chi connectivity index (χ4v) is 5.38. The third-order valence-corrected chi connectivity index (χ3v) is 6.73. The van der Waals surface area contributed by atoms with Crippen LogP contribution in [0.5, 0.6) is 0 Å². The summed E-state index contributed by atoms with van der Waals surface area (Å²) in [4.78, 5) is 54.9. The molecule has 0 saturated carbocycles. The number of anilines is 1. The Morgan fingerprint density at radius 3 is 2.00 bits per heavy atom. The van der Waals surface area contributed by atoms with E-state index in [2.05, 4.69) is 0 Å². The van der Waals surface area contributed by atoms with E-state index in [0.29, 0.717) is 11.1 Å². The van der Waals surface area contributed by atoms with Crippen LogP contribution in [-0.4, -0.2) is 35.0 Å². The molecule has 2 amide bonds. The molecule has 2 aromatic rings. The highest BCUT2D eigenvalue weighted by Gasteiger charge is 2.77. The minimum Gasteiger partial charge on any atom is -0.324 e. The molecule has 3 atom stereocenters. The van der Waals surface area contributed by atoms with Gasteiger partial charge in [-0.3, -0.25) is 19.2 Å². The second kappa shape index (κ2) is 6.15. The van der Waals surface area contributed by atoms with Crippen molar-refractivity contribution in [1.29, 1.82) is 0 Å². The summed E-state index contributed by atoms with van der Waals surface area (Å²) in [5.41, 5.74) is -0.830. The van der Waals surface area contributed by atoms with Crippen molar-refractivity contribution in [3.8, 4) is 0 Å². The maximum absolute atomic E-state index is 13.5. The molecule has 1 spiro atoms. The highest BCUT2D eigenvalue weighted by Crippen LogP contribution is 2.47.